The predicted molar refractivity (Wildman–Crippen MR) is 83.3 cm³/mol. The van der Waals surface area contributed by atoms with Crippen molar-refractivity contribution in [3.63, 3.8) is 0 Å². The molecule has 1 saturated carbocycles. The molecule has 1 aromatic rings. The smallest absolute Gasteiger partial charge is 0.224 e. The molecule has 0 bridgehead atoms. The summed E-state index contributed by atoms with van der Waals surface area (Å²) in [6, 6.07) is 7.51. The minimum Gasteiger partial charge on any atom is -0.399 e. The van der Waals surface area contributed by atoms with Crippen molar-refractivity contribution in [1.82, 2.24) is 5.32 Å². The van der Waals surface area contributed by atoms with E-state index in [4.69, 9.17) is 5.73 Å². The Bertz CT molecular complexity index is 427. The molecule has 1 aromatic carbocycles. The number of nitrogens with two attached hydrogens (primary N) is 1. The first-order valence-electron chi connectivity index (χ1n) is 7.74. The molecular weight excluding hydrogens is 248 g/mol. The molecule has 0 aliphatic heterocycles. The number of carbonyl (C=O) groups is 1. The maximum absolute atomic E-state index is 11.9. The van der Waals surface area contributed by atoms with Gasteiger partial charge in [0.1, 0.15) is 0 Å². The van der Waals surface area contributed by atoms with Crippen LogP contribution in [0, 0.1) is 11.8 Å². The molecule has 3 heteroatoms. The normalized spacial score (nSPS) is 22.4. The summed E-state index contributed by atoms with van der Waals surface area (Å²) in [6.07, 6.45) is 6.95. The van der Waals surface area contributed by atoms with Gasteiger partial charge in [0.15, 0.2) is 0 Å². The molecule has 1 amide bonds. The summed E-state index contributed by atoms with van der Waals surface area (Å²) >= 11 is 0. The molecule has 20 heavy (non-hydrogen) atoms. The Hall–Kier alpha value is -1.51. The van der Waals surface area contributed by atoms with Crippen LogP contribution in [0.2, 0.25) is 0 Å². The van der Waals surface area contributed by atoms with E-state index in [0.717, 1.165) is 36.1 Å². The lowest BCUT2D eigenvalue weighted by molar-refractivity contribution is -0.120. The fraction of sp³-hybridized carbons (Fsp3) is 0.588. The van der Waals surface area contributed by atoms with Crippen LogP contribution in [0.1, 0.15) is 44.6 Å². The molecule has 0 spiro atoms. The first kappa shape index (κ1) is 14.9. The van der Waals surface area contributed by atoms with Gasteiger partial charge < -0.3 is 11.1 Å². The van der Waals surface area contributed by atoms with E-state index in [-0.39, 0.29) is 5.91 Å². The summed E-state index contributed by atoms with van der Waals surface area (Å²) in [7, 11) is 0. The molecule has 2 unspecified atom stereocenters. The third kappa shape index (κ3) is 4.87. The van der Waals surface area contributed by atoms with Crippen LogP contribution in [-0.2, 0) is 11.2 Å². The summed E-state index contributed by atoms with van der Waals surface area (Å²) in [6.45, 7) is 3.15. The van der Waals surface area contributed by atoms with Crippen LogP contribution in [0.5, 0.6) is 0 Å². The summed E-state index contributed by atoms with van der Waals surface area (Å²) in [5.74, 6) is 1.77. The van der Waals surface area contributed by atoms with E-state index in [9.17, 15) is 4.79 Å². The molecule has 0 aromatic heterocycles. The minimum absolute atomic E-state index is 0.110. The van der Waals surface area contributed by atoms with Gasteiger partial charge >= 0.3 is 0 Å². The quantitative estimate of drug-likeness (QED) is 0.810. The number of benzene rings is 1. The molecule has 2 rings (SSSR count). The molecule has 1 fully saturated rings. The highest BCUT2D eigenvalue weighted by Gasteiger charge is 2.18. The van der Waals surface area contributed by atoms with Crippen molar-refractivity contribution in [2.75, 3.05) is 12.3 Å². The monoisotopic (exact) mass is 274 g/mol. The zero-order valence-electron chi connectivity index (χ0n) is 12.4. The van der Waals surface area contributed by atoms with E-state index in [1.54, 1.807) is 0 Å². The summed E-state index contributed by atoms with van der Waals surface area (Å²) in [5, 5.41) is 3.04. The average molecular weight is 274 g/mol. The SMILES string of the molecule is CC1CCCC(CCNC(=O)Cc2ccc(N)cc2)C1. The molecular formula is C17H26N2O. The summed E-state index contributed by atoms with van der Waals surface area (Å²) < 4.78 is 0. The van der Waals surface area contributed by atoms with Crippen molar-refractivity contribution in [1.29, 1.82) is 0 Å². The van der Waals surface area contributed by atoms with Crippen molar-refractivity contribution < 1.29 is 4.79 Å². The van der Waals surface area contributed by atoms with Gasteiger partial charge in [-0.2, -0.15) is 0 Å². The van der Waals surface area contributed by atoms with Crippen LogP contribution in [0.4, 0.5) is 5.69 Å². The molecule has 1 aliphatic carbocycles. The van der Waals surface area contributed by atoms with Gasteiger partial charge in [0.05, 0.1) is 6.42 Å². The van der Waals surface area contributed by atoms with Gasteiger partial charge in [-0.1, -0.05) is 38.3 Å². The highest BCUT2D eigenvalue weighted by molar-refractivity contribution is 5.78. The third-order valence-electron chi connectivity index (χ3n) is 4.26. The molecule has 0 saturated heterocycles. The van der Waals surface area contributed by atoms with Crippen molar-refractivity contribution in [3.8, 4) is 0 Å². The van der Waals surface area contributed by atoms with Crippen molar-refractivity contribution in [2.45, 2.75) is 45.4 Å². The van der Waals surface area contributed by atoms with E-state index in [0.29, 0.717) is 6.42 Å². The standard InChI is InChI=1S/C17H26N2O/c1-13-3-2-4-14(11-13)9-10-19-17(20)12-15-5-7-16(18)8-6-15/h5-8,13-14H,2-4,9-12,18H2,1H3,(H,19,20). The lowest BCUT2D eigenvalue weighted by Crippen LogP contribution is -2.28. The van der Waals surface area contributed by atoms with E-state index < -0.39 is 0 Å². The van der Waals surface area contributed by atoms with E-state index in [1.807, 2.05) is 24.3 Å². The van der Waals surface area contributed by atoms with Crippen LogP contribution in [0.15, 0.2) is 24.3 Å². The average Bonchev–Trinajstić information content (AvgIpc) is 2.41. The number of hydrogen-bond acceptors (Lipinski definition) is 2. The Morgan fingerprint density at radius 2 is 2.05 bits per heavy atom. The van der Waals surface area contributed by atoms with Crippen LogP contribution in [0.25, 0.3) is 0 Å². The summed E-state index contributed by atoms with van der Waals surface area (Å²) in [4.78, 5) is 11.9. The second-order valence-electron chi connectivity index (χ2n) is 6.19. The number of carbonyl (C=O) groups excluding carboxylic acids is 1. The maximum atomic E-state index is 11.9. The lowest BCUT2D eigenvalue weighted by Gasteiger charge is -2.26. The number of amides is 1. The number of rotatable bonds is 5. The number of nitrogen functional groups attached to an aromatic ring is 1. The van der Waals surface area contributed by atoms with Gasteiger partial charge in [-0.15, -0.1) is 0 Å². The third-order valence-corrected chi connectivity index (χ3v) is 4.26. The topological polar surface area (TPSA) is 55.1 Å². The van der Waals surface area contributed by atoms with Crippen LogP contribution < -0.4 is 11.1 Å². The second-order valence-corrected chi connectivity index (χ2v) is 6.19. The zero-order chi connectivity index (χ0) is 14.4. The fourth-order valence-electron chi connectivity index (χ4n) is 3.12. The van der Waals surface area contributed by atoms with Crippen LogP contribution >= 0.6 is 0 Å². The van der Waals surface area contributed by atoms with Crippen LogP contribution in [-0.4, -0.2) is 12.5 Å². The zero-order valence-corrected chi connectivity index (χ0v) is 12.4. The molecule has 2 atom stereocenters. The fourth-order valence-corrected chi connectivity index (χ4v) is 3.12. The number of anilines is 1. The Balaban J connectivity index is 1.66. The Morgan fingerprint density at radius 3 is 2.75 bits per heavy atom. The largest absolute Gasteiger partial charge is 0.399 e. The molecule has 3 nitrogen and oxygen atoms in total. The molecule has 0 heterocycles. The minimum atomic E-state index is 0.110. The van der Waals surface area contributed by atoms with E-state index in [1.165, 1.54) is 25.7 Å². The molecule has 110 valence electrons. The molecule has 1 aliphatic rings. The van der Waals surface area contributed by atoms with Gasteiger partial charge in [-0.25, -0.2) is 0 Å². The number of nitrogens with one attached hydrogen (secondary N) is 1. The maximum Gasteiger partial charge on any atom is 0.224 e. The highest BCUT2D eigenvalue weighted by Crippen LogP contribution is 2.30. The van der Waals surface area contributed by atoms with Crippen LogP contribution in [0.3, 0.4) is 0 Å². The molecule has 0 radical (unpaired) electrons. The first-order valence-corrected chi connectivity index (χ1v) is 7.74. The van der Waals surface area contributed by atoms with Crippen molar-refractivity contribution in [3.05, 3.63) is 29.8 Å². The molecule has 3 N–H and O–H groups in total. The summed E-state index contributed by atoms with van der Waals surface area (Å²) in [5.41, 5.74) is 7.38. The van der Waals surface area contributed by atoms with Gasteiger partial charge in [0.25, 0.3) is 0 Å². The second kappa shape index (κ2) is 7.32. The number of hydrogen-bond donors (Lipinski definition) is 2. The van der Waals surface area contributed by atoms with Gasteiger partial charge in [-0.3, -0.25) is 4.79 Å². The Labute approximate surface area is 121 Å². The Morgan fingerprint density at radius 1 is 1.30 bits per heavy atom. The highest BCUT2D eigenvalue weighted by atomic mass is 16.1. The van der Waals surface area contributed by atoms with Gasteiger partial charge in [0.2, 0.25) is 5.91 Å². The van der Waals surface area contributed by atoms with Crippen molar-refractivity contribution in [2.24, 2.45) is 11.8 Å². The lowest BCUT2D eigenvalue weighted by atomic mass is 9.81. The van der Waals surface area contributed by atoms with E-state index in [2.05, 4.69) is 12.2 Å². The van der Waals surface area contributed by atoms with Gasteiger partial charge in [0, 0.05) is 12.2 Å². The predicted octanol–water partition coefficient (Wildman–Crippen LogP) is 3.14. The van der Waals surface area contributed by atoms with E-state index >= 15 is 0 Å². The Kier molecular flexibility index (Phi) is 5.45. The van der Waals surface area contributed by atoms with Crippen molar-refractivity contribution >= 4 is 11.6 Å². The van der Waals surface area contributed by atoms with Gasteiger partial charge in [-0.05, 0) is 42.4 Å². The first-order chi connectivity index (χ1) is 9.63.